The predicted octanol–water partition coefficient (Wildman–Crippen LogP) is 4.78. The minimum atomic E-state index is -4.82. The number of hydrogen-bond acceptors (Lipinski definition) is 3. The number of nitrogens with one attached hydrogen (secondary N) is 1. The van der Waals surface area contributed by atoms with Gasteiger partial charge in [0.1, 0.15) is 0 Å². The van der Waals surface area contributed by atoms with Gasteiger partial charge < -0.3 is 10.2 Å². The van der Waals surface area contributed by atoms with Crippen molar-refractivity contribution in [3.63, 3.8) is 0 Å². The van der Waals surface area contributed by atoms with Crippen molar-refractivity contribution in [2.24, 2.45) is 0 Å². The molecule has 6 nitrogen and oxygen atoms in total. The topological polar surface area (TPSA) is 67.2 Å². The fourth-order valence-corrected chi connectivity index (χ4v) is 2.84. The lowest BCUT2D eigenvalue weighted by Crippen LogP contribution is -2.23. The third kappa shape index (κ3) is 4.46. The average molecular weight is 437 g/mol. The molecule has 30 heavy (non-hydrogen) atoms. The Hall–Kier alpha value is -3.33. The number of halogens is 4. The van der Waals surface area contributed by atoms with E-state index in [9.17, 15) is 22.8 Å². The summed E-state index contributed by atoms with van der Waals surface area (Å²) in [5.41, 5.74) is -0.861. The molecule has 2 aromatic carbocycles. The van der Waals surface area contributed by atoms with Crippen LogP contribution in [0.1, 0.15) is 23.0 Å². The number of benzene rings is 2. The molecule has 0 spiro atoms. The van der Waals surface area contributed by atoms with Crippen LogP contribution in [0.4, 0.5) is 24.5 Å². The smallest absolute Gasteiger partial charge is 0.322 e. The third-order valence-electron chi connectivity index (χ3n) is 4.34. The largest absolute Gasteiger partial charge is 0.434 e. The van der Waals surface area contributed by atoms with Gasteiger partial charge in [0.25, 0.3) is 5.91 Å². The van der Waals surface area contributed by atoms with E-state index >= 15 is 0 Å². The molecular weight excluding hydrogens is 421 g/mol. The Morgan fingerprint density at radius 3 is 2.20 bits per heavy atom. The highest BCUT2D eigenvalue weighted by atomic mass is 35.5. The lowest BCUT2D eigenvalue weighted by Gasteiger charge is -2.15. The Morgan fingerprint density at radius 1 is 1.07 bits per heavy atom. The Balaban J connectivity index is 1.91. The lowest BCUT2D eigenvalue weighted by molar-refractivity contribution is -0.143. The first-order chi connectivity index (χ1) is 14.1. The summed E-state index contributed by atoms with van der Waals surface area (Å²) >= 11 is 5.78. The number of aromatic nitrogens is 2. The van der Waals surface area contributed by atoms with Crippen molar-refractivity contribution in [1.29, 1.82) is 0 Å². The number of alkyl halides is 3. The number of rotatable bonds is 4. The Kier molecular flexibility index (Phi) is 5.84. The van der Waals surface area contributed by atoms with Crippen molar-refractivity contribution in [1.82, 2.24) is 9.78 Å². The van der Waals surface area contributed by atoms with Crippen LogP contribution in [-0.4, -0.2) is 28.6 Å². The summed E-state index contributed by atoms with van der Waals surface area (Å²) in [7, 11) is 1.58. The number of anilines is 2. The number of carbonyl (C=O) groups is 2. The molecular formula is C20H16ClF3N4O2. The van der Waals surface area contributed by atoms with Gasteiger partial charge in [0, 0.05) is 30.4 Å². The second-order valence-electron chi connectivity index (χ2n) is 6.37. The quantitative estimate of drug-likeness (QED) is 0.640. The molecule has 1 heterocycles. The van der Waals surface area contributed by atoms with Crippen molar-refractivity contribution < 1.29 is 22.8 Å². The molecule has 0 saturated carbocycles. The van der Waals surface area contributed by atoms with Gasteiger partial charge in [-0.1, -0.05) is 11.6 Å². The first-order valence-electron chi connectivity index (χ1n) is 8.65. The zero-order valence-corrected chi connectivity index (χ0v) is 16.6. The molecule has 156 valence electrons. The second-order valence-corrected chi connectivity index (χ2v) is 6.81. The van der Waals surface area contributed by atoms with Crippen LogP contribution < -0.4 is 10.2 Å². The van der Waals surface area contributed by atoms with E-state index in [2.05, 4.69) is 10.4 Å². The highest BCUT2D eigenvalue weighted by molar-refractivity contribution is 6.30. The highest BCUT2D eigenvalue weighted by Crippen LogP contribution is 2.34. The van der Waals surface area contributed by atoms with Crippen molar-refractivity contribution in [2.75, 3.05) is 17.3 Å². The van der Waals surface area contributed by atoms with Crippen LogP contribution in [0.2, 0.25) is 5.02 Å². The van der Waals surface area contributed by atoms with Crippen LogP contribution in [-0.2, 0) is 11.0 Å². The van der Waals surface area contributed by atoms with E-state index < -0.39 is 23.3 Å². The van der Waals surface area contributed by atoms with Crippen molar-refractivity contribution in [3.05, 3.63) is 71.0 Å². The van der Waals surface area contributed by atoms with E-state index in [-0.39, 0.29) is 17.3 Å². The molecule has 1 N–H and O–H groups in total. The summed E-state index contributed by atoms with van der Waals surface area (Å²) in [6.07, 6.45) is -3.96. The molecule has 10 heteroatoms. The normalized spacial score (nSPS) is 11.3. The zero-order valence-electron chi connectivity index (χ0n) is 15.9. The number of carbonyl (C=O) groups excluding carboxylic acids is 2. The average Bonchev–Trinajstić information content (AvgIpc) is 3.14. The lowest BCUT2D eigenvalue weighted by atomic mass is 10.2. The van der Waals surface area contributed by atoms with Crippen LogP contribution in [0.5, 0.6) is 0 Å². The standard InChI is InChI=1S/C20H16ClF3N4O2/c1-12(29)27(2)15-9-5-14(6-10-15)26-19(30)17-11-25-28(18(17)20(22,23)24)16-7-3-13(21)4-8-16/h3-11H,1-2H3,(H,26,30). The minimum absolute atomic E-state index is 0.113. The van der Waals surface area contributed by atoms with Gasteiger partial charge in [0.2, 0.25) is 5.91 Å². The fraction of sp³-hybridized carbons (Fsp3) is 0.150. The number of hydrogen-bond donors (Lipinski definition) is 1. The van der Waals surface area contributed by atoms with Gasteiger partial charge >= 0.3 is 6.18 Å². The van der Waals surface area contributed by atoms with E-state index in [1.165, 1.54) is 48.2 Å². The van der Waals surface area contributed by atoms with Crippen LogP contribution in [0.25, 0.3) is 5.69 Å². The number of amides is 2. The molecule has 2 amide bonds. The maximum absolute atomic E-state index is 13.7. The third-order valence-corrected chi connectivity index (χ3v) is 4.59. The van der Waals surface area contributed by atoms with E-state index in [1.54, 1.807) is 19.2 Å². The van der Waals surface area contributed by atoms with Gasteiger partial charge in [0.15, 0.2) is 5.69 Å². The zero-order chi connectivity index (χ0) is 22.1. The van der Waals surface area contributed by atoms with Gasteiger partial charge in [-0.2, -0.15) is 18.3 Å². The van der Waals surface area contributed by atoms with Gasteiger partial charge in [-0.25, -0.2) is 4.68 Å². The molecule has 3 aromatic rings. The maximum atomic E-state index is 13.7. The molecule has 0 aliphatic carbocycles. The van der Waals surface area contributed by atoms with E-state index in [1.807, 2.05) is 0 Å². The van der Waals surface area contributed by atoms with Crippen LogP contribution in [0.15, 0.2) is 54.7 Å². The van der Waals surface area contributed by atoms with Gasteiger partial charge in [0.05, 0.1) is 17.4 Å². The molecule has 0 radical (unpaired) electrons. The predicted molar refractivity (Wildman–Crippen MR) is 107 cm³/mol. The van der Waals surface area contributed by atoms with Crippen molar-refractivity contribution >= 4 is 34.8 Å². The molecule has 3 rings (SSSR count). The van der Waals surface area contributed by atoms with Gasteiger partial charge in [-0.15, -0.1) is 0 Å². The molecule has 0 bridgehead atoms. The number of nitrogens with zero attached hydrogens (tertiary/aromatic N) is 3. The molecule has 0 unspecified atom stereocenters. The SMILES string of the molecule is CC(=O)N(C)c1ccc(NC(=O)c2cnn(-c3ccc(Cl)cc3)c2C(F)(F)F)cc1. The Morgan fingerprint density at radius 2 is 1.67 bits per heavy atom. The van der Waals surface area contributed by atoms with Gasteiger partial charge in [-0.3, -0.25) is 9.59 Å². The summed E-state index contributed by atoms with van der Waals surface area (Å²) in [6, 6.07) is 11.7. The molecule has 0 saturated heterocycles. The van der Waals surface area contributed by atoms with Crippen LogP contribution >= 0.6 is 11.6 Å². The summed E-state index contributed by atoms with van der Waals surface area (Å²) in [4.78, 5) is 25.3. The molecule has 1 aromatic heterocycles. The van der Waals surface area contributed by atoms with Crippen molar-refractivity contribution in [3.8, 4) is 5.69 Å². The fourth-order valence-electron chi connectivity index (χ4n) is 2.71. The Labute approximate surface area is 174 Å². The Bertz CT molecular complexity index is 1080. The van der Waals surface area contributed by atoms with E-state index in [0.717, 1.165) is 6.20 Å². The summed E-state index contributed by atoms with van der Waals surface area (Å²) < 4.78 is 41.8. The summed E-state index contributed by atoms with van der Waals surface area (Å²) in [5, 5.41) is 6.53. The first kappa shape index (κ1) is 21.4. The van der Waals surface area contributed by atoms with E-state index in [0.29, 0.717) is 15.4 Å². The molecule has 0 aliphatic heterocycles. The molecule has 0 fully saturated rings. The van der Waals surface area contributed by atoms with Gasteiger partial charge in [-0.05, 0) is 48.5 Å². The summed E-state index contributed by atoms with van der Waals surface area (Å²) in [6.45, 7) is 1.40. The molecule has 0 aliphatic rings. The maximum Gasteiger partial charge on any atom is 0.434 e. The highest BCUT2D eigenvalue weighted by Gasteiger charge is 2.40. The van der Waals surface area contributed by atoms with E-state index in [4.69, 9.17) is 11.6 Å². The second kappa shape index (κ2) is 8.19. The minimum Gasteiger partial charge on any atom is -0.322 e. The van der Waals surface area contributed by atoms with Crippen molar-refractivity contribution in [2.45, 2.75) is 13.1 Å². The van der Waals surface area contributed by atoms with Crippen LogP contribution in [0.3, 0.4) is 0 Å². The first-order valence-corrected chi connectivity index (χ1v) is 9.02. The molecule has 0 atom stereocenters. The monoisotopic (exact) mass is 436 g/mol. The van der Waals surface area contributed by atoms with Crippen LogP contribution in [0, 0.1) is 0 Å². The summed E-state index contributed by atoms with van der Waals surface area (Å²) in [5.74, 6) is -1.15.